The number of alkyl halides is 10. The van der Waals surface area contributed by atoms with E-state index >= 15 is 0 Å². The molecule has 0 bridgehead atoms. The summed E-state index contributed by atoms with van der Waals surface area (Å²) in [6.45, 7) is 0. The summed E-state index contributed by atoms with van der Waals surface area (Å²) in [5, 5.41) is -5.20. The molecule has 0 aromatic heterocycles. The maximum atomic E-state index is 12.6. The van der Waals surface area contributed by atoms with Crippen LogP contribution in [0.15, 0.2) is 0 Å². The minimum absolute atomic E-state index is 3.98. The van der Waals surface area contributed by atoms with Gasteiger partial charge in [-0.2, -0.15) is 17.6 Å². The smallest absolute Gasteiger partial charge is 0.204 e. The van der Waals surface area contributed by atoms with Crippen molar-refractivity contribution in [2.24, 2.45) is 0 Å². The van der Waals surface area contributed by atoms with Crippen LogP contribution in [0.5, 0.6) is 0 Å². The van der Waals surface area contributed by atoms with Gasteiger partial charge in [0.25, 0.3) is 8.92 Å². The normalized spacial score (nSPS) is 15.9. The highest BCUT2D eigenvalue weighted by atomic mass is 35.5. The van der Waals surface area contributed by atoms with Crippen molar-refractivity contribution in [1.82, 2.24) is 0 Å². The van der Waals surface area contributed by atoms with E-state index in [0.29, 0.717) is 0 Å². The Hall–Kier alpha value is 1.10. The van der Waals surface area contributed by atoms with Crippen LogP contribution in [0.3, 0.4) is 0 Å². The maximum absolute atomic E-state index is 12.6. The highest BCUT2D eigenvalue weighted by Crippen LogP contribution is 2.58. The molecule has 14 heavy (non-hydrogen) atoms. The van der Waals surface area contributed by atoms with E-state index in [1.807, 2.05) is 0 Å². The zero-order valence-corrected chi connectivity index (χ0v) is 9.56. The van der Waals surface area contributed by atoms with Gasteiger partial charge in [0.2, 0.25) is 0 Å². The number of hydrogen-bond acceptors (Lipinski definition) is 0. The van der Waals surface area contributed by atoms with E-state index in [1.54, 1.807) is 0 Å². The zero-order chi connectivity index (χ0) is 12.0. The first-order valence-corrected chi connectivity index (χ1v) is 4.53. The third-order valence-corrected chi connectivity index (χ3v) is 3.29. The van der Waals surface area contributed by atoms with Gasteiger partial charge in [0.15, 0.2) is 0 Å². The van der Waals surface area contributed by atoms with Crippen LogP contribution >= 0.6 is 58.0 Å². The largest absolute Gasteiger partial charge is 0.387 e. The van der Waals surface area contributed by atoms with Gasteiger partial charge in [0, 0.05) is 0 Å². The zero-order valence-electron chi connectivity index (χ0n) is 5.78. The second-order valence-corrected chi connectivity index (χ2v) is 5.18. The van der Waals surface area contributed by atoms with E-state index in [9.17, 15) is 22.0 Å². The van der Waals surface area contributed by atoms with Gasteiger partial charge >= 0.3 is 11.3 Å². The summed E-state index contributed by atoms with van der Waals surface area (Å²) in [5.74, 6) is -5.36. The molecule has 0 atom stereocenters. The van der Waals surface area contributed by atoms with E-state index in [4.69, 9.17) is 0 Å². The van der Waals surface area contributed by atoms with Gasteiger partial charge in [0.1, 0.15) is 0 Å². The Labute approximate surface area is 100 Å². The van der Waals surface area contributed by atoms with Crippen LogP contribution in [-0.4, -0.2) is 20.2 Å². The average molecular weight is 320 g/mol. The molecular formula is C4Cl5F5. The summed E-state index contributed by atoms with van der Waals surface area (Å²) in [7, 11) is 0. The highest BCUT2D eigenvalue weighted by molar-refractivity contribution is 6.62. The van der Waals surface area contributed by atoms with Gasteiger partial charge in [-0.05, 0) is 11.6 Å². The molecule has 86 valence electrons. The third kappa shape index (κ3) is 2.43. The Kier molecular flexibility index (Phi) is 4.14. The first-order chi connectivity index (χ1) is 5.75. The predicted octanol–water partition coefficient (Wildman–Crippen LogP) is 4.73. The fraction of sp³-hybridized carbons (Fsp3) is 1.00. The number of hydrogen-bond donors (Lipinski definition) is 0. The molecule has 0 aromatic rings. The van der Waals surface area contributed by atoms with Crippen molar-refractivity contribution in [3.8, 4) is 0 Å². The van der Waals surface area contributed by atoms with Gasteiger partial charge in [-0.25, -0.2) is 4.39 Å². The summed E-state index contributed by atoms with van der Waals surface area (Å²) < 4.78 is 54.0. The lowest BCUT2D eigenvalue weighted by molar-refractivity contribution is -0.173. The molecule has 0 unspecified atom stereocenters. The van der Waals surface area contributed by atoms with E-state index in [0.717, 1.165) is 0 Å². The standard InChI is InChI=1S/C4Cl5F5/c5-1(6,3(7,8)12)2(10,11)4(9,13)14. The predicted molar refractivity (Wildman–Crippen MR) is 45.7 cm³/mol. The minimum atomic E-state index is -5.36. The summed E-state index contributed by atoms with van der Waals surface area (Å²) in [4.78, 5) is 0. The highest BCUT2D eigenvalue weighted by Gasteiger charge is 2.75. The molecule has 0 aliphatic carbocycles. The molecule has 0 rings (SSSR count). The fourth-order valence-electron chi connectivity index (χ4n) is 0.356. The Morgan fingerprint density at radius 2 is 0.929 bits per heavy atom. The molecule has 0 N–H and O–H groups in total. The lowest BCUT2D eigenvalue weighted by Crippen LogP contribution is -2.56. The summed E-state index contributed by atoms with van der Waals surface area (Å²) in [5.41, 5.74) is 0. The van der Waals surface area contributed by atoms with Crippen LogP contribution in [0.25, 0.3) is 0 Å². The molecule has 0 saturated carbocycles. The minimum Gasteiger partial charge on any atom is -0.204 e. The monoisotopic (exact) mass is 318 g/mol. The van der Waals surface area contributed by atoms with Gasteiger partial charge in [-0.3, -0.25) is 0 Å². The molecule has 10 heteroatoms. The molecule has 0 saturated heterocycles. The van der Waals surface area contributed by atoms with Gasteiger partial charge in [-0.15, -0.1) is 0 Å². The maximum Gasteiger partial charge on any atom is 0.387 e. The number of rotatable bonds is 3. The molecule has 0 fully saturated rings. The van der Waals surface area contributed by atoms with Gasteiger partial charge < -0.3 is 0 Å². The molecule has 0 aliphatic rings. The SMILES string of the molecule is FC(F)(Cl)C(F)(F)C(Cl)(Cl)C(F)(Cl)Cl. The van der Waals surface area contributed by atoms with E-state index in [2.05, 4.69) is 58.0 Å². The van der Waals surface area contributed by atoms with E-state index in [1.165, 1.54) is 0 Å². The molecule has 0 heterocycles. The first kappa shape index (κ1) is 15.1. The van der Waals surface area contributed by atoms with E-state index < -0.39 is 20.2 Å². The van der Waals surface area contributed by atoms with Crippen molar-refractivity contribution in [3.63, 3.8) is 0 Å². The molecule has 0 spiro atoms. The summed E-state index contributed by atoms with van der Waals surface area (Å²) in [6, 6.07) is 0. The van der Waals surface area contributed by atoms with Crippen molar-refractivity contribution in [2.75, 3.05) is 0 Å². The van der Waals surface area contributed by atoms with Crippen LogP contribution in [0.4, 0.5) is 22.0 Å². The molecule has 0 aromatic carbocycles. The summed E-state index contributed by atoms with van der Waals surface area (Å²) in [6.07, 6.45) is 0. The fourth-order valence-corrected chi connectivity index (χ4v) is 1.07. The lowest BCUT2D eigenvalue weighted by atomic mass is 10.2. The Morgan fingerprint density at radius 1 is 0.643 bits per heavy atom. The van der Waals surface area contributed by atoms with Crippen LogP contribution in [0, 0.1) is 0 Å². The van der Waals surface area contributed by atoms with Crippen molar-refractivity contribution < 1.29 is 22.0 Å². The Morgan fingerprint density at radius 3 is 1.00 bits per heavy atom. The van der Waals surface area contributed by atoms with Crippen LogP contribution < -0.4 is 0 Å². The van der Waals surface area contributed by atoms with Gasteiger partial charge in [-0.1, -0.05) is 46.4 Å². The summed E-state index contributed by atoms with van der Waals surface area (Å²) >= 11 is 22.1. The van der Waals surface area contributed by atoms with Crippen molar-refractivity contribution in [3.05, 3.63) is 0 Å². The molecular weight excluding hydrogens is 320 g/mol. The quantitative estimate of drug-likeness (QED) is 0.521. The Balaban J connectivity index is 5.30. The lowest BCUT2D eigenvalue weighted by Gasteiger charge is -2.35. The Bertz CT molecular complexity index is 191. The van der Waals surface area contributed by atoms with Crippen molar-refractivity contribution >= 4 is 58.0 Å². The topological polar surface area (TPSA) is 0 Å². The average Bonchev–Trinajstić information content (AvgIpc) is 1.81. The molecule has 0 amide bonds. The van der Waals surface area contributed by atoms with Gasteiger partial charge in [0.05, 0.1) is 0 Å². The van der Waals surface area contributed by atoms with E-state index in [-0.39, 0.29) is 0 Å². The number of halogens is 10. The van der Waals surface area contributed by atoms with Crippen LogP contribution in [0.2, 0.25) is 0 Å². The second kappa shape index (κ2) is 3.84. The third-order valence-electron chi connectivity index (χ3n) is 1.11. The molecule has 0 nitrogen and oxygen atoms in total. The van der Waals surface area contributed by atoms with Crippen molar-refractivity contribution in [1.29, 1.82) is 0 Å². The van der Waals surface area contributed by atoms with Crippen LogP contribution in [-0.2, 0) is 0 Å². The molecule has 0 radical (unpaired) electrons. The second-order valence-electron chi connectivity index (χ2n) is 2.14. The van der Waals surface area contributed by atoms with Crippen molar-refractivity contribution in [2.45, 2.75) is 20.2 Å². The molecule has 0 aliphatic heterocycles. The van der Waals surface area contributed by atoms with Crippen LogP contribution in [0.1, 0.15) is 0 Å². The first-order valence-electron chi connectivity index (χ1n) is 2.64.